The molecule has 128 valence electrons. The van der Waals surface area contributed by atoms with Crippen molar-refractivity contribution in [3.05, 3.63) is 54.1 Å². The minimum Gasteiger partial charge on any atom is -0.466 e. The van der Waals surface area contributed by atoms with Crippen molar-refractivity contribution in [1.29, 1.82) is 0 Å². The van der Waals surface area contributed by atoms with Crippen molar-refractivity contribution in [3.63, 3.8) is 0 Å². The number of ether oxygens (including phenoxy) is 1. The summed E-state index contributed by atoms with van der Waals surface area (Å²) in [5, 5.41) is 7.81. The lowest BCUT2D eigenvalue weighted by Gasteiger charge is -2.33. The van der Waals surface area contributed by atoms with Gasteiger partial charge in [-0.3, -0.25) is 14.4 Å². The second-order valence-electron chi connectivity index (χ2n) is 5.70. The number of carbonyl (C=O) groups is 3. The Bertz CT molecular complexity index is 865. The van der Waals surface area contributed by atoms with E-state index in [1.165, 1.54) is 20.0 Å². The normalized spacial score (nSPS) is 18.4. The fourth-order valence-electron chi connectivity index (χ4n) is 2.45. The van der Waals surface area contributed by atoms with Crippen molar-refractivity contribution in [3.8, 4) is 5.75 Å². The van der Waals surface area contributed by atoms with E-state index in [9.17, 15) is 14.4 Å². The third-order valence-electron chi connectivity index (χ3n) is 3.93. The van der Waals surface area contributed by atoms with Gasteiger partial charge in [0, 0.05) is 18.3 Å². The summed E-state index contributed by atoms with van der Waals surface area (Å²) in [5.74, 6) is -1.05. The molecule has 0 saturated carbocycles. The second-order valence-corrected chi connectivity index (χ2v) is 5.70. The Balaban J connectivity index is 1.84. The molecule has 1 heterocycles. The number of amides is 3. The van der Waals surface area contributed by atoms with Crippen LogP contribution in [0.15, 0.2) is 48.5 Å². The van der Waals surface area contributed by atoms with Gasteiger partial charge in [0.25, 0.3) is 23.3 Å². The van der Waals surface area contributed by atoms with Crippen LogP contribution in [-0.4, -0.2) is 30.4 Å². The summed E-state index contributed by atoms with van der Waals surface area (Å²) in [6, 6.07) is 13.3. The Morgan fingerprint density at radius 2 is 1.88 bits per heavy atom. The van der Waals surface area contributed by atoms with E-state index in [1.54, 1.807) is 42.5 Å². The Morgan fingerprint density at radius 1 is 1.12 bits per heavy atom. The summed E-state index contributed by atoms with van der Waals surface area (Å²) in [5.41, 5.74) is -0.427. The van der Waals surface area contributed by atoms with E-state index in [1.807, 2.05) is 0 Å². The first-order valence-electron chi connectivity index (χ1n) is 7.67. The first-order chi connectivity index (χ1) is 11.9. The summed E-state index contributed by atoms with van der Waals surface area (Å²) in [6.45, 7) is 1.40. The molecule has 3 rings (SSSR count). The van der Waals surface area contributed by atoms with E-state index in [0.29, 0.717) is 22.7 Å². The number of anilines is 2. The minimum absolute atomic E-state index is 0.275. The molecule has 0 radical (unpaired) electrons. The fourth-order valence-corrected chi connectivity index (χ4v) is 2.45. The zero-order valence-electron chi connectivity index (χ0n) is 13.8. The lowest BCUT2D eigenvalue weighted by Crippen LogP contribution is -2.56. The molecule has 0 bridgehead atoms. The van der Waals surface area contributed by atoms with Gasteiger partial charge >= 0.3 is 0 Å². The highest BCUT2D eigenvalue weighted by molar-refractivity contribution is 6.19. The predicted molar refractivity (Wildman–Crippen MR) is 92.6 cm³/mol. The predicted octanol–water partition coefficient (Wildman–Crippen LogP) is 1.77. The molecule has 2 aromatic rings. The number of hydrogen-bond acceptors (Lipinski definition) is 4. The van der Waals surface area contributed by atoms with Crippen molar-refractivity contribution in [2.24, 2.45) is 0 Å². The number of hydrogen-bond donors (Lipinski definition) is 3. The van der Waals surface area contributed by atoms with E-state index in [-0.39, 0.29) is 5.91 Å². The largest absolute Gasteiger partial charge is 0.466 e. The van der Waals surface area contributed by atoms with Crippen LogP contribution in [0.3, 0.4) is 0 Å². The molecular weight excluding hydrogens is 322 g/mol. The topological polar surface area (TPSA) is 96.5 Å². The third-order valence-corrected chi connectivity index (χ3v) is 3.93. The van der Waals surface area contributed by atoms with E-state index >= 15 is 0 Å². The summed E-state index contributed by atoms with van der Waals surface area (Å²) >= 11 is 0. The van der Waals surface area contributed by atoms with E-state index < -0.39 is 17.4 Å². The average molecular weight is 339 g/mol. The van der Waals surface area contributed by atoms with Crippen LogP contribution in [0.4, 0.5) is 11.4 Å². The summed E-state index contributed by atoms with van der Waals surface area (Å²) < 4.78 is 5.66. The van der Waals surface area contributed by atoms with E-state index in [2.05, 4.69) is 16.0 Å². The number of para-hydroxylation sites is 2. The number of fused-ring (bicyclic) bond motifs is 1. The molecular formula is C18H17N3O4. The van der Waals surface area contributed by atoms with Gasteiger partial charge in [-0.2, -0.15) is 0 Å². The van der Waals surface area contributed by atoms with Crippen molar-refractivity contribution in [2.75, 3.05) is 17.7 Å². The molecule has 1 aliphatic heterocycles. The summed E-state index contributed by atoms with van der Waals surface area (Å²) in [7, 11) is 1.52. The molecule has 7 heteroatoms. The number of nitrogens with one attached hydrogen (secondary N) is 3. The SMILES string of the molecule is CNC(=O)c1cccc(NC(=O)[C@]2(C)Oc3ccccc3NC2=O)c1. The van der Waals surface area contributed by atoms with Gasteiger partial charge in [0.05, 0.1) is 5.69 Å². The van der Waals surface area contributed by atoms with Crippen molar-refractivity contribution < 1.29 is 19.1 Å². The van der Waals surface area contributed by atoms with Crippen LogP contribution in [0.2, 0.25) is 0 Å². The second kappa shape index (κ2) is 6.27. The zero-order chi connectivity index (χ0) is 18.0. The van der Waals surface area contributed by atoms with Crippen LogP contribution in [0.5, 0.6) is 5.75 Å². The number of rotatable bonds is 3. The molecule has 7 nitrogen and oxygen atoms in total. The molecule has 0 aromatic heterocycles. The van der Waals surface area contributed by atoms with Crippen molar-refractivity contribution in [1.82, 2.24) is 5.32 Å². The Hall–Kier alpha value is -3.35. The Kier molecular flexibility index (Phi) is 4.14. The smallest absolute Gasteiger partial charge is 0.278 e. The van der Waals surface area contributed by atoms with Crippen LogP contribution >= 0.6 is 0 Å². The first-order valence-corrected chi connectivity index (χ1v) is 7.67. The van der Waals surface area contributed by atoms with Gasteiger partial charge in [-0.25, -0.2) is 0 Å². The van der Waals surface area contributed by atoms with Gasteiger partial charge in [-0.15, -0.1) is 0 Å². The number of carbonyl (C=O) groups excluding carboxylic acids is 3. The quantitative estimate of drug-likeness (QED) is 0.743. The highest BCUT2D eigenvalue weighted by atomic mass is 16.5. The van der Waals surface area contributed by atoms with Crippen LogP contribution in [-0.2, 0) is 9.59 Å². The molecule has 3 N–H and O–H groups in total. The van der Waals surface area contributed by atoms with Crippen molar-refractivity contribution >= 4 is 29.1 Å². The summed E-state index contributed by atoms with van der Waals surface area (Å²) in [4.78, 5) is 36.7. The Morgan fingerprint density at radius 3 is 2.64 bits per heavy atom. The maximum Gasteiger partial charge on any atom is 0.278 e. The van der Waals surface area contributed by atoms with E-state index in [4.69, 9.17) is 4.74 Å². The van der Waals surface area contributed by atoms with Crippen molar-refractivity contribution in [2.45, 2.75) is 12.5 Å². The van der Waals surface area contributed by atoms with Gasteiger partial charge < -0.3 is 20.7 Å². The lowest BCUT2D eigenvalue weighted by atomic mass is 10.0. The standard InChI is InChI=1S/C18H17N3O4/c1-18(17(24)21-13-8-3-4-9-14(13)25-18)16(23)20-12-7-5-6-11(10-12)15(22)19-2/h3-10H,1-2H3,(H,19,22)(H,20,23)(H,21,24)/t18-/m0/s1. The maximum atomic E-state index is 12.7. The van der Waals surface area contributed by atoms with Crippen LogP contribution in [0, 0.1) is 0 Å². The fraction of sp³-hybridized carbons (Fsp3) is 0.167. The number of benzene rings is 2. The molecule has 1 aliphatic rings. The van der Waals surface area contributed by atoms with Gasteiger partial charge in [0.15, 0.2) is 0 Å². The first kappa shape index (κ1) is 16.5. The lowest BCUT2D eigenvalue weighted by molar-refractivity contribution is -0.143. The maximum absolute atomic E-state index is 12.7. The molecule has 3 amide bonds. The van der Waals surface area contributed by atoms with Gasteiger partial charge in [0.1, 0.15) is 5.75 Å². The molecule has 0 unspecified atom stereocenters. The Labute approximate surface area is 144 Å². The highest BCUT2D eigenvalue weighted by Crippen LogP contribution is 2.33. The molecule has 0 saturated heterocycles. The molecule has 25 heavy (non-hydrogen) atoms. The van der Waals surface area contributed by atoms with Gasteiger partial charge in [0.2, 0.25) is 0 Å². The van der Waals surface area contributed by atoms with E-state index in [0.717, 1.165) is 0 Å². The minimum atomic E-state index is -1.72. The summed E-state index contributed by atoms with van der Waals surface area (Å²) in [6.07, 6.45) is 0. The third kappa shape index (κ3) is 3.03. The van der Waals surface area contributed by atoms with Crippen LogP contribution in [0.25, 0.3) is 0 Å². The molecule has 0 fully saturated rings. The molecule has 0 spiro atoms. The molecule has 1 atom stereocenters. The monoisotopic (exact) mass is 339 g/mol. The molecule has 2 aromatic carbocycles. The van der Waals surface area contributed by atoms with Crippen LogP contribution < -0.4 is 20.7 Å². The average Bonchev–Trinajstić information content (AvgIpc) is 2.62. The zero-order valence-corrected chi connectivity index (χ0v) is 13.8. The van der Waals surface area contributed by atoms with Crippen LogP contribution in [0.1, 0.15) is 17.3 Å². The highest BCUT2D eigenvalue weighted by Gasteiger charge is 2.47. The van der Waals surface area contributed by atoms with Gasteiger partial charge in [-0.1, -0.05) is 18.2 Å². The van der Waals surface area contributed by atoms with Gasteiger partial charge in [-0.05, 0) is 37.3 Å². The molecule has 0 aliphatic carbocycles.